The highest BCUT2D eigenvalue weighted by Gasteiger charge is 2.15. The Labute approximate surface area is 86.9 Å². The zero-order chi connectivity index (χ0) is 11.0. The lowest BCUT2D eigenvalue weighted by Crippen LogP contribution is -2.22. The number of amides is 1. The maximum absolute atomic E-state index is 11.7. The summed E-state index contributed by atoms with van der Waals surface area (Å²) in [5.74, 6) is -0.133. The Hall–Kier alpha value is -2.04. The summed E-state index contributed by atoms with van der Waals surface area (Å²) in [5.41, 5.74) is 7.50. The molecule has 15 heavy (non-hydrogen) atoms. The van der Waals surface area contributed by atoms with Gasteiger partial charge >= 0.3 is 0 Å². The largest absolute Gasteiger partial charge is 0.399 e. The highest BCUT2D eigenvalue weighted by Crippen LogP contribution is 2.19. The number of fused-ring (bicyclic) bond motifs is 1. The van der Waals surface area contributed by atoms with Crippen molar-refractivity contribution in [1.82, 2.24) is 15.1 Å². The normalized spacial score (nSPS) is 10.5. The number of nitrogens with one attached hydrogen (secondary N) is 1. The molecule has 0 aliphatic heterocycles. The molecule has 2 rings (SSSR count). The molecule has 78 valence electrons. The second kappa shape index (κ2) is 3.27. The van der Waals surface area contributed by atoms with Crippen LogP contribution < -0.4 is 5.73 Å². The quantitative estimate of drug-likeness (QED) is 0.676. The Morgan fingerprint density at radius 3 is 2.87 bits per heavy atom. The van der Waals surface area contributed by atoms with E-state index < -0.39 is 0 Å². The van der Waals surface area contributed by atoms with Gasteiger partial charge in [0, 0.05) is 25.2 Å². The van der Waals surface area contributed by atoms with E-state index in [2.05, 4.69) is 10.2 Å². The fraction of sp³-hybridized carbons (Fsp3) is 0.200. The van der Waals surface area contributed by atoms with Crippen LogP contribution in [0.2, 0.25) is 0 Å². The Kier molecular flexibility index (Phi) is 2.07. The number of hydrogen-bond acceptors (Lipinski definition) is 3. The summed E-state index contributed by atoms with van der Waals surface area (Å²) in [4.78, 5) is 13.2. The minimum absolute atomic E-state index is 0.133. The third-order valence-corrected chi connectivity index (χ3v) is 2.20. The summed E-state index contributed by atoms with van der Waals surface area (Å²) in [6, 6.07) is 5.32. The van der Waals surface area contributed by atoms with Crippen LogP contribution in [-0.2, 0) is 0 Å². The van der Waals surface area contributed by atoms with Crippen molar-refractivity contribution in [2.75, 3.05) is 19.8 Å². The number of carbonyl (C=O) groups is 1. The molecule has 0 spiro atoms. The summed E-state index contributed by atoms with van der Waals surface area (Å²) in [5, 5.41) is 7.54. The number of H-pyrrole nitrogens is 1. The number of rotatable bonds is 1. The lowest BCUT2D eigenvalue weighted by molar-refractivity contribution is 0.0824. The summed E-state index contributed by atoms with van der Waals surface area (Å²) >= 11 is 0. The van der Waals surface area contributed by atoms with Crippen LogP contribution in [0.25, 0.3) is 10.9 Å². The molecule has 0 aliphatic carbocycles. The molecule has 1 aromatic heterocycles. The van der Waals surface area contributed by atoms with Crippen molar-refractivity contribution in [2.24, 2.45) is 0 Å². The molecule has 0 atom stereocenters. The van der Waals surface area contributed by atoms with E-state index in [1.54, 1.807) is 26.2 Å². The van der Waals surface area contributed by atoms with E-state index in [1.807, 2.05) is 6.07 Å². The van der Waals surface area contributed by atoms with E-state index in [0.29, 0.717) is 11.4 Å². The molecule has 0 unspecified atom stereocenters. The topological polar surface area (TPSA) is 75.0 Å². The first-order valence-electron chi connectivity index (χ1n) is 4.55. The van der Waals surface area contributed by atoms with Crippen molar-refractivity contribution in [2.45, 2.75) is 0 Å². The molecule has 0 aliphatic rings. The van der Waals surface area contributed by atoms with E-state index in [0.717, 1.165) is 10.9 Å². The molecule has 1 heterocycles. The lowest BCUT2D eigenvalue weighted by Gasteiger charge is -2.07. The number of hydrogen-bond donors (Lipinski definition) is 2. The average Bonchev–Trinajstić information content (AvgIpc) is 2.59. The third-order valence-electron chi connectivity index (χ3n) is 2.20. The van der Waals surface area contributed by atoms with Crippen LogP contribution in [0.1, 0.15) is 10.5 Å². The van der Waals surface area contributed by atoms with Gasteiger partial charge in [0.05, 0.1) is 5.52 Å². The van der Waals surface area contributed by atoms with E-state index in [4.69, 9.17) is 5.73 Å². The third kappa shape index (κ3) is 1.52. The highest BCUT2D eigenvalue weighted by atomic mass is 16.2. The molecule has 2 aromatic rings. The predicted molar refractivity (Wildman–Crippen MR) is 58.5 cm³/mol. The maximum atomic E-state index is 11.7. The number of benzene rings is 1. The van der Waals surface area contributed by atoms with Gasteiger partial charge in [-0.2, -0.15) is 5.10 Å². The van der Waals surface area contributed by atoms with E-state index in [9.17, 15) is 4.79 Å². The SMILES string of the molecule is CN(C)C(=O)c1n[nH]c2ccc(N)cc12. The Morgan fingerprint density at radius 1 is 1.47 bits per heavy atom. The first-order valence-corrected chi connectivity index (χ1v) is 4.55. The number of anilines is 1. The van der Waals surface area contributed by atoms with Gasteiger partial charge in [0.15, 0.2) is 5.69 Å². The van der Waals surface area contributed by atoms with Gasteiger partial charge in [-0.15, -0.1) is 0 Å². The number of nitrogens with zero attached hydrogens (tertiary/aromatic N) is 2. The van der Waals surface area contributed by atoms with Crippen LogP contribution in [0.15, 0.2) is 18.2 Å². The molecule has 0 fully saturated rings. The molecular weight excluding hydrogens is 192 g/mol. The van der Waals surface area contributed by atoms with Crippen LogP contribution in [0.4, 0.5) is 5.69 Å². The number of aromatic nitrogens is 2. The zero-order valence-electron chi connectivity index (χ0n) is 8.61. The molecule has 1 amide bonds. The van der Waals surface area contributed by atoms with Crippen molar-refractivity contribution >= 4 is 22.5 Å². The molecule has 0 saturated heterocycles. The zero-order valence-corrected chi connectivity index (χ0v) is 8.61. The Bertz CT molecular complexity index is 515. The summed E-state index contributed by atoms with van der Waals surface area (Å²) in [7, 11) is 3.38. The van der Waals surface area contributed by atoms with Crippen molar-refractivity contribution in [3.8, 4) is 0 Å². The fourth-order valence-electron chi connectivity index (χ4n) is 1.41. The van der Waals surface area contributed by atoms with Crippen molar-refractivity contribution in [3.05, 3.63) is 23.9 Å². The Morgan fingerprint density at radius 2 is 2.20 bits per heavy atom. The van der Waals surface area contributed by atoms with Crippen LogP contribution >= 0.6 is 0 Å². The fourth-order valence-corrected chi connectivity index (χ4v) is 1.41. The smallest absolute Gasteiger partial charge is 0.274 e. The maximum Gasteiger partial charge on any atom is 0.274 e. The average molecular weight is 204 g/mol. The number of nitrogens with two attached hydrogens (primary N) is 1. The molecule has 3 N–H and O–H groups in total. The molecule has 5 nitrogen and oxygen atoms in total. The van der Waals surface area contributed by atoms with Crippen LogP contribution in [0.5, 0.6) is 0 Å². The monoisotopic (exact) mass is 204 g/mol. The molecule has 0 radical (unpaired) electrons. The predicted octanol–water partition coefficient (Wildman–Crippen LogP) is 0.847. The van der Waals surface area contributed by atoms with Crippen molar-refractivity contribution in [3.63, 3.8) is 0 Å². The molecular formula is C10H12N4O. The first-order chi connectivity index (χ1) is 7.09. The van der Waals surface area contributed by atoms with Gasteiger partial charge in [0.25, 0.3) is 5.91 Å². The Balaban J connectivity index is 2.62. The number of aromatic amines is 1. The standard InChI is InChI=1S/C10H12N4O/c1-14(2)10(15)9-7-5-6(11)3-4-8(7)12-13-9/h3-5H,11H2,1-2H3,(H,12,13). The van der Waals surface area contributed by atoms with Gasteiger partial charge < -0.3 is 10.6 Å². The minimum Gasteiger partial charge on any atom is -0.399 e. The summed E-state index contributed by atoms with van der Waals surface area (Å²) < 4.78 is 0. The first kappa shape index (κ1) is 9.51. The molecule has 5 heteroatoms. The van der Waals surface area contributed by atoms with Gasteiger partial charge in [0.1, 0.15) is 0 Å². The number of nitrogen functional groups attached to an aromatic ring is 1. The molecule has 1 aromatic carbocycles. The van der Waals surface area contributed by atoms with E-state index in [-0.39, 0.29) is 5.91 Å². The van der Waals surface area contributed by atoms with Gasteiger partial charge in [-0.3, -0.25) is 9.89 Å². The van der Waals surface area contributed by atoms with E-state index >= 15 is 0 Å². The highest BCUT2D eigenvalue weighted by molar-refractivity contribution is 6.05. The second-order valence-corrected chi connectivity index (χ2v) is 3.58. The van der Waals surface area contributed by atoms with Gasteiger partial charge in [-0.1, -0.05) is 0 Å². The van der Waals surface area contributed by atoms with Crippen molar-refractivity contribution < 1.29 is 4.79 Å². The molecule has 0 bridgehead atoms. The van der Waals surface area contributed by atoms with Gasteiger partial charge in [-0.05, 0) is 18.2 Å². The summed E-state index contributed by atoms with van der Waals surface area (Å²) in [6.45, 7) is 0. The lowest BCUT2D eigenvalue weighted by atomic mass is 10.2. The van der Waals surface area contributed by atoms with E-state index in [1.165, 1.54) is 4.90 Å². The van der Waals surface area contributed by atoms with Crippen molar-refractivity contribution in [1.29, 1.82) is 0 Å². The molecule has 0 saturated carbocycles. The van der Waals surface area contributed by atoms with Crippen LogP contribution in [-0.4, -0.2) is 35.1 Å². The summed E-state index contributed by atoms with van der Waals surface area (Å²) in [6.07, 6.45) is 0. The second-order valence-electron chi connectivity index (χ2n) is 3.58. The van der Waals surface area contributed by atoms with Crippen LogP contribution in [0, 0.1) is 0 Å². The van der Waals surface area contributed by atoms with Crippen LogP contribution in [0.3, 0.4) is 0 Å². The number of carbonyl (C=O) groups excluding carboxylic acids is 1. The van der Waals surface area contributed by atoms with Gasteiger partial charge in [0.2, 0.25) is 0 Å². The minimum atomic E-state index is -0.133. The van der Waals surface area contributed by atoms with Gasteiger partial charge in [-0.25, -0.2) is 0 Å².